The molecule has 19 heavy (non-hydrogen) atoms. The topological polar surface area (TPSA) is 15.3 Å². The Kier molecular flexibility index (Phi) is 4.32. The second kappa shape index (κ2) is 5.64. The minimum Gasteiger partial charge on any atom is -0.314 e. The molecule has 1 saturated heterocycles. The van der Waals surface area contributed by atoms with Gasteiger partial charge in [0.2, 0.25) is 0 Å². The minimum atomic E-state index is -4.54. The lowest BCUT2D eigenvalue weighted by Gasteiger charge is -2.36. The number of hydrogen-bond donors (Lipinski definition) is 1. The van der Waals surface area contributed by atoms with Gasteiger partial charge in [0, 0.05) is 31.7 Å². The number of piperazine rings is 1. The van der Waals surface area contributed by atoms with E-state index in [2.05, 4.69) is 5.32 Å². The number of nitrogens with one attached hydrogen (secondary N) is 1. The molecule has 0 aromatic heterocycles. The Morgan fingerprint density at radius 1 is 1.21 bits per heavy atom. The third kappa shape index (κ3) is 3.19. The Morgan fingerprint density at radius 3 is 2.42 bits per heavy atom. The van der Waals surface area contributed by atoms with Crippen LogP contribution in [0.4, 0.5) is 17.6 Å². The molecule has 0 unspecified atom stereocenters. The van der Waals surface area contributed by atoms with Crippen molar-refractivity contribution in [3.8, 4) is 0 Å². The first kappa shape index (κ1) is 14.6. The summed E-state index contributed by atoms with van der Waals surface area (Å²) in [5, 5.41) is 2.68. The normalized spacial score (nSPS) is 19.4. The fraction of sp³-hybridized carbons (Fsp3) is 0.500. The van der Waals surface area contributed by atoms with E-state index >= 15 is 0 Å². The van der Waals surface area contributed by atoms with Gasteiger partial charge in [0.05, 0.1) is 5.02 Å². The lowest BCUT2D eigenvalue weighted by Crippen LogP contribution is -2.49. The third-order valence-electron chi connectivity index (χ3n) is 3.10. The summed E-state index contributed by atoms with van der Waals surface area (Å²) in [5.41, 5.74) is -0.415. The molecule has 1 atom stereocenters. The van der Waals surface area contributed by atoms with Gasteiger partial charge in [-0.3, -0.25) is 4.90 Å². The van der Waals surface area contributed by atoms with Crippen LogP contribution in [-0.4, -0.2) is 37.3 Å². The fourth-order valence-corrected chi connectivity index (χ4v) is 2.43. The molecular weight excluding hydrogens is 284 g/mol. The van der Waals surface area contributed by atoms with Gasteiger partial charge in [-0.25, -0.2) is 4.39 Å². The van der Waals surface area contributed by atoms with Gasteiger partial charge in [0.1, 0.15) is 11.9 Å². The Morgan fingerprint density at radius 2 is 1.84 bits per heavy atom. The fourth-order valence-electron chi connectivity index (χ4n) is 2.25. The first-order chi connectivity index (χ1) is 8.91. The summed E-state index contributed by atoms with van der Waals surface area (Å²) < 4.78 is 53.6. The molecule has 0 aliphatic carbocycles. The molecule has 7 heteroatoms. The first-order valence-corrected chi connectivity index (χ1v) is 6.24. The van der Waals surface area contributed by atoms with E-state index in [0.29, 0.717) is 13.1 Å². The zero-order valence-electron chi connectivity index (χ0n) is 9.97. The Balaban J connectivity index is 2.40. The highest BCUT2D eigenvalue weighted by Gasteiger charge is 2.46. The summed E-state index contributed by atoms with van der Waals surface area (Å²) in [6, 6.07) is 1.77. The van der Waals surface area contributed by atoms with E-state index in [1.54, 1.807) is 0 Å². The average Bonchev–Trinajstić information content (AvgIpc) is 2.35. The molecule has 1 aliphatic heterocycles. The van der Waals surface area contributed by atoms with E-state index in [0.717, 1.165) is 6.07 Å². The van der Waals surface area contributed by atoms with Crippen LogP contribution in [0.1, 0.15) is 11.6 Å². The van der Waals surface area contributed by atoms with Gasteiger partial charge in [0.25, 0.3) is 0 Å². The van der Waals surface area contributed by atoms with Gasteiger partial charge in [0.15, 0.2) is 0 Å². The molecule has 0 radical (unpaired) electrons. The number of halogens is 5. The van der Waals surface area contributed by atoms with Crippen molar-refractivity contribution < 1.29 is 17.6 Å². The average molecular weight is 297 g/mol. The zero-order chi connectivity index (χ0) is 14.0. The summed E-state index contributed by atoms with van der Waals surface area (Å²) in [4.78, 5) is 1.23. The van der Waals surface area contributed by atoms with Crippen LogP contribution < -0.4 is 5.32 Å². The Labute approximate surface area is 113 Å². The van der Waals surface area contributed by atoms with Crippen molar-refractivity contribution in [1.29, 1.82) is 0 Å². The number of nitrogens with zero attached hydrogens (tertiary/aromatic N) is 1. The van der Waals surface area contributed by atoms with E-state index < -0.39 is 23.6 Å². The number of benzene rings is 1. The summed E-state index contributed by atoms with van der Waals surface area (Å²) in [6.07, 6.45) is -4.54. The maximum atomic E-state index is 13.9. The maximum Gasteiger partial charge on any atom is 0.408 e. The summed E-state index contributed by atoms with van der Waals surface area (Å²) in [7, 11) is 0. The third-order valence-corrected chi connectivity index (χ3v) is 3.39. The Bertz CT molecular complexity index is 444. The van der Waals surface area contributed by atoms with Gasteiger partial charge in [-0.05, 0) is 6.07 Å². The SMILES string of the molecule is Fc1c(Cl)cccc1[C@H](N1CCNCC1)C(F)(F)F. The van der Waals surface area contributed by atoms with E-state index in [-0.39, 0.29) is 18.1 Å². The molecule has 0 spiro atoms. The van der Waals surface area contributed by atoms with E-state index in [1.807, 2.05) is 0 Å². The van der Waals surface area contributed by atoms with Gasteiger partial charge >= 0.3 is 6.18 Å². The molecule has 1 fully saturated rings. The molecular formula is C12H13ClF4N2. The zero-order valence-corrected chi connectivity index (χ0v) is 10.7. The largest absolute Gasteiger partial charge is 0.408 e. The predicted molar refractivity (Wildman–Crippen MR) is 64.6 cm³/mol. The molecule has 0 bridgehead atoms. The molecule has 1 aromatic carbocycles. The van der Waals surface area contributed by atoms with Crippen LogP contribution in [0, 0.1) is 5.82 Å². The first-order valence-electron chi connectivity index (χ1n) is 5.86. The maximum absolute atomic E-state index is 13.9. The number of alkyl halides is 3. The van der Waals surface area contributed by atoms with Crippen molar-refractivity contribution in [1.82, 2.24) is 10.2 Å². The number of hydrogen-bond acceptors (Lipinski definition) is 2. The standard InChI is InChI=1S/C12H13ClF4N2/c13-9-3-1-2-8(10(9)14)11(12(15,16)17)19-6-4-18-5-7-19/h1-3,11,18H,4-7H2/t11-/m0/s1. The molecule has 0 saturated carbocycles. The van der Waals surface area contributed by atoms with Gasteiger partial charge in [-0.2, -0.15) is 13.2 Å². The van der Waals surface area contributed by atoms with Crippen molar-refractivity contribution in [2.24, 2.45) is 0 Å². The van der Waals surface area contributed by atoms with Crippen LogP contribution in [0.3, 0.4) is 0 Å². The van der Waals surface area contributed by atoms with Crippen molar-refractivity contribution in [3.63, 3.8) is 0 Å². The van der Waals surface area contributed by atoms with Crippen molar-refractivity contribution in [2.45, 2.75) is 12.2 Å². The van der Waals surface area contributed by atoms with Crippen molar-refractivity contribution in [3.05, 3.63) is 34.6 Å². The summed E-state index contributed by atoms with van der Waals surface area (Å²) in [6.45, 7) is 1.34. The van der Waals surface area contributed by atoms with Crippen molar-refractivity contribution in [2.75, 3.05) is 26.2 Å². The molecule has 1 N–H and O–H groups in total. The highest BCUT2D eigenvalue weighted by atomic mass is 35.5. The van der Waals surface area contributed by atoms with Crippen LogP contribution in [0.25, 0.3) is 0 Å². The van der Waals surface area contributed by atoms with Crippen LogP contribution in [0.2, 0.25) is 5.02 Å². The van der Waals surface area contributed by atoms with Crippen LogP contribution in [0.5, 0.6) is 0 Å². The smallest absolute Gasteiger partial charge is 0.314 e. The quantitative estimate of drug-likeness (QED) is 0.844. The molecule has 1 aromatic rings. The highest BCUT2D eigenvalue weighted by molar-refractivity contribution is 6.30. The molecule has 2 nitrogen and oxygen atoms in total. The Hall–Kier alpha value is -0.850. The minimum absolute atomic E-state index is 0.218. The van der Waals surface area contributed by atoms with Crippen molar-refractivity contribution >= 4 is 11.6 Å². The summed E-state index contributed by atoms with van der Waals surface area (Å²) >= 11 is 5.57. The molecule has 1 heterocycles. The molecule has 2 rings (SSSR count). The second-order valence-corrected chi connectivity index (χ2v) is 4.78. The molecule has 0 amide bonds. The van der Waals surface area contributed by atoms with Crippen LogP contribution in [0.15, 0.2) is 18.2 Å². The van der Waals surface area contributed by atoms with E-state index in [9.17, 15) is 17.6 Å². The second-order valence-electron chi connectivity index (χ2n) is 4.37. The van der Waals surface area contributed by atoms with Crippen LogP contribution in [-0.2, 0) is 0 Å². The summed E-state index contributed by atoms with van der Waals surface area (Å²) in [5.74, 6) is -0.995. The monoisotopic (exact) mass is 296 g/mol. The predicted octanol–water partition coefficient (Wildman–Crippen LogP) is 2.99. The van der Waals surface area contributed by atoms with Gasteiger partial charge in [-0.1, -0.05) is 23.7 Å². The lowest BCUT2D eigenvalue weighted by atomic mass is 10.0. The van der Waals surface area contributed by atoms with E-state index in [1.165, 1.54) is 17.0 Å². The molecule has 106 valence electrons. The van der Waals surface area contributed by atoms with Crippen LogP contribution >= 0.6 is 11.6 Å². The van der Waals surface area contributed by atoms with Gasteiger partial charge in [-0.15, -0.1) is 0 Å². The van der Waals surface area contributed by atoms with Gasteiger partial charge < -0.3 is 5.32 Å². The molecule has 1 aliphatic rings. The van der Waals surface area contributed by atoms with E-state index in [4.69, 9.17) is 11.6 Å². The number of rotatable bonds is 2. The highest BCUT2D eigenvalue weighted by Crippen LogP contribution is 2.39. The lowest BCUT2D eigenvalue weighted by molar-refractivity contribution is -0.188.